The van der Waals surface area contributed by atoms with Crippen LogP contribution in [0.3, 0.4) is 0 Å². The largest absolute Gasteiger partial charge is 0.497 e. The second-order valence-corrected chi connectivity index (χ2v) is 7.29. The highest BCUT2D eigenvalue weighted by Gasteiger charge is 2.10. The molecule has 3 aromatic carbocycles. The van der Waals surface area contributed by atoms with E-state index in [0.29, 0.717) is 33.7 Å². The summed E-state index contributed by atoms with van der Waals surface area (Å²) in [4.78, 5) is 24.8. The lowest BCUT2D eigenvalue weighted by atomic mass is 10.1. The zero-order valence-corrected chi connectivity index (χ0v) is 17.0. The van der Waals surface area contributed by atoms with Crippen molar-refractivity contribution in [2.24, 2.45) is 0 Å². The third-order valence-corrected chi connectivity index (χ3v) is 5.00. The van der Waals surface area contributed by atoms with Gasteiger partial charge in [-0.1, -0.05) is 15.9 Å². The normalized spacial score (nSPS) is 10.7. The Balaban J connectivity index is 1.58. The van der Waals surface area contributed by atoms with Crippen molar-refractivity contribution in [1.82, 2.24) is 0 Å². The van der Waals surface area contributed by atoms with E-state index >= 15 is 0 Å². The average molecular weight is 450 g/mol. The molecule has 0 saturated heterocycles. The summed E-state index contributed by atoms with van der Waals surface area (Å²) >= 11 is 3.35. The van der Waals surface area contributed by atoms with Crippen molar-refractivity contribution >= 4 is 38.5 Å². The summed E-state index contributed by atoms with van der Waals surface area (Å²) in [5.74, 6) is 0.860. The molecule has 0 aliphatic heterocycles. The van der Waals surface area contributed by atoms with Gasteiger partial charge in [-0.2, -0.15) is 0 Å². The lowest BCUT2D eigenvalue weighted by molar-refractivity contribution is 0.102. The summed E-state index contributed by atoms with van der Waals surface area (Å²) in [5, 5.41) is 3.31. The Morgan fingerprint density at radius 3 is 2.38 bits per heavy atom. The molecule has 1 aromatic heterocycles. The van der Waals surface area contributed by atoms with E-state index in [1.807, 2.05) is 12.1 Å². The number of carbonyl (C=O) groups is 1. The number of benzene rings is 3. The Bertz CT molecular complexity index is 1240. The minimum atomic E-state index is -0.198. The van der Waals surface area contributed by atoms with Gasteiger partial charge in [0.25, 0.3) is 5.91 Å². The molecular formula is C23H16BrNO4. The number of ether oxygens (including phenoxy) is 1. The smallest absolute Gasteiger partial charge is 0.255 e. The summed E-state index contributed by atoms with van der Waals surface area (Å²) in [5.41, 5.74) is 2.29. The minimum Gasteiger partial charge on any atom is -0.497 e. The van der Waals surface area contributed by atoms with E-state index in [0.717, 1.165) is 10.0 Å². The third-order valence-electron chi connectivity index (χ3n) is 4.47. The van der Waals surface area contributed by atoms with E-state index in [1.165, 1.54) is 6.07 Å². The number of methoxy groups -OCH3 is 1. The SMILES string of the molecule is COc1ccc2oc(-c3ccc(NC(=O)c4ccc(Br)cc4)cc3)cc(=O)c2c1. The third kappa shape index (κ3) is 4.07. The number of hydrogen-bond acceptors (Lipinski definition) is 4. The number of anilines is 1. The lowest BCUT2D eigenvalue weighted by Crippen LogP contribution is -2.11. The maximum Gasteiger partial charge on any atom is 0.255 e. The molecule has 6 heteroatoms. The van der Waals surface area contributed by atoms with Crippen LogP contribution in [0, 0.1) is 0 Å². The van der Waals surface area contributed by atoms with Crippen molar-refractivity contribution in [3.05, 3.63) is 93.1 Å². The molecule has 0 atom stereocenters. The molecule has 0 unspecified atom stereocenters. The van der Waals surface area contributed by atoms with E-state index in [1.54, 1.807) is 61.7 Å². The van der Waals surface area contributed by atoms with E-state index in [2.05, 4.69) is 21.2 Å². The molecule has 4 rings (SSSR count). The second kappa shape index (κ2) is 7.93. The Morgan fingerprint density at radius 2 is 1.69 bits per heavy atom. The molecule has 0 radical (unpaired) electrons. The molecule has 0 saturated carbocycles. The quantitative estimate of drug-likeness (QED) is 0.447. The van der Waals surface area contributed by atoms with Gasteiger partial charge in [0.2, 0.25) is 0 Å². The first kappa shape index (κ1) is 19.0. The molecule has 0 aliphatic rings. The number of fused-ring (bicyclic) bond motifs is 1. The summed E-state index contributed by atoms with van der Waals surface area (Å²) in [6.07, 6.45) is 0. The number of amides is 1. The van der Waals surface area contributed by atoms with Crippen LogP contribution in [-0.4, -0.2) is 13.0 Å². The van der Waals surface area contributed by atoms with Crippen molar-refractivity contribution in [3.8, 4) is 17.1 Å². The van der Waals surface area contributed by atoms with Crippen molar-refractivity contribution in [2.45, 2.75) is 0 Å². The summed E-state index contributed by atoms with van der Waals surface area (Å²) in [6.45, 7) is 0. The van der Waals surface area contributed by atoms with Crippen LogP contribution in [-0.2, 0) is 0 Å². The van der Waals surface area contributed by atoms with E-state index in [9.17, 15) is 9.59 Å². The number of nitrogens with one attached hydrogen (secondary N) is 1. The second-order valence-electron chi connectivity index (χ2n) is 6.38. The van der Waals surface area contributed by atoms with E-state index in [-0.39, 0.29) is 11.3 Å². The molecule has 0 spiro atoms. The van der Waals surface area contributed by atoms with Gasteiger partial charge < -0.3 is 14.5 Å². The Kier molecular flexibility index (Phi) is 5.18. The predicted octanol–water partition coefficient (Wildman–Crippen LogP) is 5.48. The van der Waals surface area contributed by atoms with E-state index in [4.69, 9.17) is 9.15 Å². The van der Waals surface area contributed by atoms with E-state index < -0.39 is 0 Å². The highest BCUT2D eigenvalue weighted by molar-refractivity contribution is 9.10. The van der Waals surface area contributed by atoms with Crippen molar-refractivity contribution < 1.29 is 13.9 Å². The molecule has 5 nitrogen and oxygen atoms in total. The standard InChI is InChI=1S/C23H16BrNO4/c1-28-18-10-11-21-19(12-18)20(26)13-22(29-21)14-4-8-17(9-5-14)25-23(27)15-2-6-16(24)7-3-15/h2-13H,1H3,(H,25,27). The number of hydrogen-bond donors (Lipinski definition) is 1. The van der Waals surface area contributed by atoms with Crippen LogP contribution >= 0.6 is 15.9 Å². The van der Waals surface area contributed by atoms with Gasteiger partial charge in [0.15, 0.2) is 5.43 Å². The lowest BCUT2D eigenvalue weighted by Gasteiger charge is -2.08. The van der Waals surface area contributed by atoms with Gasteiger partial charge in [-0.05, 0) is 66.7 Å². The molecule has 0 fully saturated rings. The molecule has 0 aliphatic carbocycles. The monoisotopic (exact) mass is 449 g/mol. The van der Waals surface area contributed by atoms with Gasteiger partial charge in [0, 0.05) is 27.4 Å². The Hall–Kier alpha value is -3.38. The number of carbonyl (C=O) groups excluding carboxylic acids is 1. The molecule has 1 amide bonds. The van der Waals surface area contributed by atoms with Crippen molar-refractivity contribution in [2.75, 3.05) is 12.4 Å². The maximum atomic E-state index is 12.5. The van der Waals surface area contributed by atoms with Crippen LogP contribution in [0.1, 0.15) is 10.4 Å². The van der Waals surface area contributed by atoms with Crippen LogP contribution in [0.25, 0.3) is 22.3 Å². The van der Waals surface area contributed by atoms with Gasteiger partial charge in [-0.25, -0.2) is 0 Å². The fourth-order valence-corrected chi connectivity index (χ4v) is 3.19. The van der Waals surface area contributed by atoms with Gasteiger partial charge >= 0.3 is 0 Å². The first-order valence-corrected chi connectivity index (χ1v) is 9.62. The highest BCUT2D eigenvalue weighted by Crippen LogP contribution is 2.25. The maximum absolute atomic E-state index is 12.5. The molecule has 144 valence electrons. The molecule has 1 N–H and O–H groups in total. The molecule has 1 heterocycles. The topological polar surface area (TPSA) is 68.5 Å². The molecule has 29 heavy (non-hydrogen) atoms. The van der Waals surface area contributed by atoms with Crippen LogP contribution in [0.5, 0.6) is 5.75 Å². The summed E-state index contributed by atoms with van der Waals surface area (Å²) < 4.78 is 12.0. The van der Waals surface area contributed by atoms with Gasteiger partial charge in [-0.3, -0.25) is 9.59 Å². The fourth-order valence-electron chi connectivity index (χ4n) is 2.93. The van der Waals surface area contributed by atoms with Crippen molar-refractivity contribution in [1.29, 1.82) is 0 Å². The summed E-state index contributed by atoms with van der Waals surface area (Å²) in [6, 6.07) is 20.8. The number of rotatable bonds is 4. The minimum absolute atomic E-state index is 0.146. The van der Waals surface area contributed by atoms with Crippen molar-refractivity contribution in [3.63, 3.8) is 0 Å². The van der Waals surface area contributed by atoms with Crippen LogP contribution in [0.4, 0.5) is 5.69 Å². The van der Waals surface area contributed by atoms with Crippen LogP contribution in [0.15, 0.2) is 86.5 Å². The van der Waals surface area contributed by atoms with Gasteiger partial charge in [-0.15, -0.1) is 0 Å². The number of halogens is 1. The molecule has 0 bridgehead atoms. The van der Waals surface area contributed by atoms with Crippen LogP contribution < -0.4 is 15.5 Å². The van der Waals surface area contributed by atoms with Gasteiger partial charge in [0.1, 0.15) is 17.1 Å². The zero-order valence-electron chi connectivity index (χ0n) is 15.4. The Labute approximate surface area is 175 Å². The predicted molar refractivity (Wildman–Crippen MR) is 117 cm³/mol. The average Bonchev–Trinajstić information content (AvgIpc) is 2.74. The fraction of sp³-hybridized carbons (Fsp3) is 0.0435. The Morgan fingerprint density at radius 1 is 0.966 bits per heavy atom. The molecule has 4 aromatic rings. The first-order valence-electron chi connectivity index (χ1n) is 8.83. The zero-order chi connectivity index (χ0) is 20.4. The highest BCUT2D eigenvalue weighted by atomic mass is 79.9. The summed E-state index contributed by atoms with van der Waals surface area (Å²) in [7, 11) is 1.55. The molecular weight excluding hydrogens is 434 g/mol. The van der Waals surface area contributed by atoms with Crippen LogP contribution in [0.2, 0.25) is 0 Å². The first-order chi connectivity index (χ1) is 14.0. The van der Waals surface area contributed by atoms with Gasteiger partial charge in [0.05, 0.1) is 12.5 Å².